The number of aromatic nitrogens is 4. The minimum atomic E-state index is -0.0905. The van der Waals surface area contributed by atoms with Gasteiger partial charge in [0, 0.05) is 55.2 Å². The zero-order chi connectivity index (χ0) is 30.4. The van der Waals surface area contributed by atoms with E-state index in [0.29, 0.717) is 67.0 Å². The van der Waals surface area contributed by atoms with Gasteiger partial charge in [0.2, 0.25) is 23.5 Å². The van der Waals surface area contributed by atoms with E-state index in [1.165, 1.54) is 0 Å². The van der Waals surface area contributed by atoms with E-state index in [1.807, 2.05) is 64.4 Å². The van der Waals surface area contributed by atoms with Gasteiger partial charge in [0.15, 0.2) is 0 Å². The summed E-state index contributed by atoms with van der Waals surface area (Å²) in [6.07, 6.45) is 3.11. The van der Waals surface area contributed by atoms with E-state index in [-0.39, 0.29) is 17.7 Å². The molecule has 3 fully saturated rings. The molecule has 1 saturated carbocycles. The highest BCUT2D eigenvalue weighted by Gasteiger charge is 2.41. The van der Waals surface area contributed by atoms with Gasteiger partial charge in [-0.15, -0.1) is 0 Å². The predicted molar refractivity (Wildman–Crippen MR) is 163 cm³/mol. The van der Waals surface area contributed by atoms with Crippen LogP contribution in [0.2, 0.25) is 0 Å². The molecule has 2 amide bonds. The Kier molecular flexibility index (Phi) is 7.35. The van der Waals surface area contributed by atoms with Crippen molar-refractivity contribution in [1.82, 2.24) is 30.1 Å². The van der Waals surface area contributed by atoms with E-state index < -0.39 is 0 Å². The number of nitrogens with zero attached hydrogens (tertiary/aromatic N) is 6. The van der Waals surface area contributed by atoms with Crippen molar-refractivity contribution in [2.75, 3.05) is 13.1 Å². The molecule has 2 atom stereocenters. The molecule has 2 aromatic carbocycles. The summed E-state index contributed by atoms with van der Waals surface area (Å²) in [7, 11) is 0. The molecule has 4 heterocycles. The van der Waals surface area contributed by atoms with Crippen molar-refractivity contribution >= 4 is 11.8 Å². The van der Waals surface area contributed by atoms with Crippen LogP contribution in [0.5, 0.6) is 11.5 Å². The highest BCUT2D eigenvalue weighted by Crippen LogP contribution is 2.37. The van der Waals surface area contributed by atoms with Crippen LogP contribution < -0.4 is 4.74 Å². The fraction of sp³-hybridized carbons (Fsp3) is 0.412. The predicted octanol–water partition coefficient (Wildman–Crippen LogP) is 5.96. The van der Waals surface area contributed by atoms with Crippen molar-refractivity contribution < 1.29 is 18.8 Å². The van der Waals surface area contributed by atoms with Crippen LogP contribution >= 0.6 is 0 Å². The number of rotatable bonds is 9. The fourth-order valence-corrected chi connectivity index (χ4v) is 6.03. The molecule has 44 heavy (non-hydrogen) atoms. The van der Waals surface area contributed by atoms with Crippen molar-refractivity contribution in [3.05, 3.63) is 71.7 Å². The molecule has 2 aliphatic heterocycles. The Hall–Kier alpha value is -4.60. The van der Waals surface area contributed by atoms with Crippen LogP contribution in [0.25, 0.3) is 22.6 Å². The van der Waals surface area contributed by atoms with E-state index in [0.717, 1.165) is 47.5 Å². The van der Waals surface area contributed by atoms with E-state index in [9.17, 15) is 9.59 Å². The minimum absolute atomic E-state index is 0.0905. The van der Waals surface area contributed by atoms with Crippen LogP contribution in [-0.2, 0) is 16.1 Å². The summed E-state index contributed by atoms with van der Waals surface area (Å²) in [6.45, 7) is 8.08. The number of carbonyl (C=O) groups excluding carboxylic acids is 2. The number of ether oxygens (including phenoxy) is 1. The molecule has 0 spiro atoms. The lowest BCUT2D eigenvalue weighted by molar-refractivity contribution is -0.129. The van der Waals surface area contributed by atoms with Gasteiger partial charge in [0.1, 0.15) is 11.5 Å². The second kappa shape index (κ2) is 11.5. The monoisotopic (exact) mass is 592 g/mol. The molecule has 1 unspecified atom stereocenters. The van der Waals surface area contributed by atoms with E-state index in [1.54, 1.807) is 0 Å². The molecule has 10 nitrogen and oxygen atoms in total. The molecule has 2 aromatic heterocycles. The highest BCUT2D eigenvalue weighted by atomic mass is 16.5. The second-order valence-corrected chi connectivity index (χ2v) is 12.7. The summed E-state index contributed by atoms with van der Waals surface area (Å²) in [5, 5.41) is 13.0. The van der Waals surface area contributed by atoms with Gasteiger partial charge >= 0.3 is 0 Å². The van der Waals surface area contributed by atoms with Crippen LogP contribution in [0, 0.1) is 5.92 Å². The molecule has 10 heteroatoms. The zero-order valence-electron chi connectivity index (χ0n) is 25.3. The smallest absolute Gasteiger partial charge is 0.232 e. The highest BCUT2D eigenvalue weighted by molar-refractivity contribution is 5.80. The lowest BCUT2D eigenvalue weighted by Crippen LogP contribution is -2.27. The van der Waals surface area contributed by atoms with Crippen molar-refractivity contribution in [1.29, 1.82) is 0 Å². The first kappa shape index (κ1) is 28.2. The molecule has 0 radical (unpaired) electrons. The normalized spacial score (nSPS) is 20.3. The van der Waals surface area contributed by atoms with Gasteiger partial charge in [0.05, 0.1) is 17.3 Å². The zero-order valence-corrected chi connectivity index (χ0v) is 25.3. The van der Waals surface area contributed by atoms with Crippen molar-refractivity contribution in [3.63, 3.8) is 0 Å². The fourth-order valence-electron chi connectivity index (χ4n) is 6.03. The van der Waals surface area contributed by atoms with Gasteiger partial charge < -0.3 is 19.1 Å². The molecule has 4 aromatic rings. The SMILES string of the molecule is CC(C)c1ccc(-c2ccc(Oc3cc(-c4noc(C5CC(=O)N(C6CC6)C5)n4)ccc3CN3C[C@@H](C)CC3=O)cc2)nn1. The van der Waals surface area contributed by atoms with Gasteiger partial charge in [-0.05, 0) is 67.1 Å². The van der Waals surface area contributed by atoms with Gasteiger partial charge in [0.25, 0.3) is 0 Å². The van der Waals surface area contributed by atoms with Gasteiger partial charge in [-0.2, -0.15) is 15.2 Å². The van der Waals surface area contributed by atoms with Gasteiger partial charge in [-0.3, -0.25) is 9.59 Å². The number of carbonyl (C=O) groups is 2. The number of likely N-dealkylation sites (tertiary alicyclic amines) is 2. The average Bonchev–Trinajstić information content (AvgIpc) is 3.45. The Morgan fingerprint density at radius 1 is 0.932 bits per heavy atom. The van der Waals surface area contributed by atoms with Gasteiger partial charge in [-0.1, -0.05) is 38.1 Å². The first-order chi connectivity index (χ1) is 21.3. The van der Waals surface area contributed by atoms with E-state index in [4.69, 9.17) is 9.26 Å². The van der Waals surface area contributed by atoms with Crippen molar-refractivity contribution in [2.24, 2.45) is 5.92 Å². The molecular weight excluding hydrogens is 556 g/mol. The van der Waals surface area contributed by atoms with Crippen LogP contribution in [0.1, 0.15) is 75.4 Å². The summed E-state index contributed by atoms with van der Waals surface area (Å²) in [4.78, 5) is 33.6. The Balaban J connectivity index is 1.14. The largest absolute Gasteiger partial charge is 0.457 e. The summed E-state index contributed by atoms with van der Waals surface area (Å²) >= 11 is 0. The molecule has 7 rings (SSSR count). The average molecular weight is 593 g/mol. The first-order valence-corrected chi connectivity index (χ1v) is 15.5. The summed E-state index contributed by atoms with van der Waals surface area (Å²) in [5.74, 6) is 3.06. The minimum Gasteiger partial charge on any atom is -0.457 e. The maximum absolute atomic E-state index is 12.6. The molecule has 3 aliphatic rings. The number of benzene rings is 2. The maximum Gasteiger partial charge on any atom is 0.232 e. The van der Waals surface area contributed by atoms with Crippen LogP contribution in [-0.4, -0.2) is 61.1 Å². The summed E-state index contributed by atoms with van der Waals surface area (Å²) in [5.41, 5.74) is 4.32. The standard InChI is InChI=1S/C34H36N6O4/c1-20(2)28-12-13-29(37-36-28)22-6-10-27(11-7-22)43-30-15-23(4-5-24(30)18-39-17-21(3)14-31(39)41)33-35-34(44-38-33)25-16-32(42)40(19-25)26-8-9-26/h4-7,10-13,15,20-21,25-26H,8-9,14,16-19H2,1-3H3/t21-,25?/m0/s1. The molecule has 226 valence electrons. The van der Waals surface area contributed by atoms with Crippen molar-refractivity contribution in [2.45, 2.75) is 70.9 Å². The first-order valence-electron chi connectivity index (χ1n) is 15.5. The molecule has 1 aliphatic carbocycles. The van der Waals surface area contributed by atoms with Crippen molar-refractivity contribution in [3.8, 4) is 34.1 Å². The third-order valence-corrected chi connectivity index (χ3v) is 8.69. The Morgan fingerprint density at radius 2 is 1.73 bits per heavy atom. The van der Waals surface area contributed by atoms with E-state index in [2.05, 4.69) is 41.1 Å². The van der Waals surface area contributed by atoms with Crippen LogP contribution in [0.3, 0.4) is 0 Å². The summed E-state index contributed by atoms with van der Waals surface area (Å²) in [6, 6.07) is 17.9. The topological polar surface area (TPSA) is 115 Å². The maximum atomic E-state index is 12.6. The number of amides is 2. The number of hydrogen-bond acceptors (Lipinski definition) is 8. The number of hydrogen-bond donors (Lipinski definition) is 0. The Labute approximate surface area is 256 Å². The molecule has 0 bridgehead atoms. The van der Waals surface area contributed by atoms with Crippen LogP contribution in [0.15, 0.2) is 59.1 Å². The lowest BCUT2D eigenvalue weighted by Gasteiger charge is -2.19. The molecule has 2 saturated heterocycles. The second-order valence-electron chi connectivity index (χ2n) is 12.7. The molecule has 0 N–H and O–H groups in total. The van der Waals surface area contributed by atoms with Gasteiger partial charge in [-0.25, -0.2) is 0 Å². The Morgan fingerprint density at radius 3 is 2.41 bits per heavy atom. The summed E-state index contributed by atoms with van der Waals surface area (Å²) < 4.78 is 12.1. The molecular formula is C34H36N6O4. The third kappa shape index (κ3) is 5.80. The van der Waals surface area contributed by atoms with Crippen LogP contribution in [0.4, 0.5) is 0 Å². The quantitative estimate of drug-likeness (QED) is 0.234. The third-order valence-electron chi connectivity index (χ3n) is 8.69. The lowest BCUT2D eigenvalue weighted by atomic mass is 10.1. The Bertz CT molecular complexity index is 1680. The van der Waals surface area contributed by atoms with E-state index >= 15 is 0 Å².